The summed E-state index contributed by atoms with van der Waals surface area (Å²) in [7, 11) is 0. The van der Waals surface area contributed by atoms with E-state index < -0.39 is 5.97 Å². The van der Waals surface area contributed by atoms with Crippen molar-refractivity contribution in [2.45, 2.75) is 52.2 Å². The first-order valence-corrected chi connectivity index (χ1v) is 13.4. The average molecular weight is 532 g/mol. The van der Waals surface area contributed by atoms with Crippen LogP contribution in [0.15, 0.2) is 66.8 Å². The third-order valence-corrected chi connectivity index (χ3v) is 7.02. The van der Waals surface area contributed by atoms with Gasteiger partial charge in [0.15, 0.2) is 6.29 Å². The summed E-state index contributed by atoms with van der Waals surface area (Å²) in [6.07, 6.45) is 8.77. The molecule has 0 saturated carbocycles. The van der Waals surface area contributed by atoms with Crippen molar-refractivity contribution in [2.75, 3.05) is 13.2 Å². The van der Waals surface area contributed by atoms with E-state index in [0.29, 0.717) is 23.6 Å². The Hall–Kier alpha value is -3.25. The highest BCUT2D eigenvalue weighted by Crippen LogP contribution is 2.34. The number of aromatic carboxylic acids is 1. The fourth-order valence-electron chi connectivity index (χ4n) is 4.51. The van der Waals surface area contributed by atoms with Crippen LogP contribution in [0.5, 0.6) is 0 Å². The van der Waals surface area contributed by atoms with Crippen LogP contribution in [0.4, 0.5) is 0 Å². The smallest absolute Gasteiger partial charge is 0.337 e. The molecule has 0 aliphatic carbocycles. The van der Waals surface area contributed by atoms with E-state index in [1.165, 1.54) is 12.0 Å². The fraction of sp³-hybridized carbons (Fsp3) is 0.312. The topological polar surface area (TPSA) is 68.7 Å². The van der Waals surface area contributed by atoms with Crippen molar-refractivity contribution in [3.8, 4) is 22.4 Å². The lowest BCUT2D eigenvalue weighted by Crippen LogP contribution is -2.22. The number of carbonyl (C=O) groups is 1. The van der Waals surface area contributed by atoms with Gasteiger partial charge in [-0.1, -0.05) is 78.4 Å². The average Bonchev–Trinajstić information content (AvgIpc) is 2.91. The molecule has 1 atom stereocenters. The van der Waals surface area contributed by atoms with E-state index in [-0.39, 0.29) is 16.9 Å². The summed E-state index contributed by atoms with van der Waals surface area (Å²) in [6, 6.07) is 16.4. The minimum absolute atomic E-state index is 0.0331. The zero-order valence-electron chi connectivity index (χ0n) is 22.0. The summed E-state index contributed by atoms with van der Waals surface area (Å²) in [5, 5.41) is 9.93. The molecule has 1 aliphatic heterocycles. The highest BCUT2D eigenvalue weighted by Gasteiger charge is 2.21. The number of allylic oxidation sites excluding steroid dienone is 2. The van der Waals surface area contributed by atoms with Crippen LogP contribution in [0.3, 0.4) is 0 Å². The number of nitrogens with zero attached hydrogens (tertiary/aromatic N) is 1. The van der Waals surface area contributed by atoms with Crippen molar-refractivity contribution in [3.05, 3.63) is 94.2 Å². The van der Waals surface area contributed by atoms with Gasteiger partial charge in [-0.2, -0.15) is 0 Å². The summed E-state index contributed by atoms with van der Waals surface area (Å²) in [5.74, 6) is -1.08. The Bertz CT molecular complexity index is 1310. The van der Waals surface area contributed by atoms with Gasteiger partial charge in [-0.15, -0.1) is 0 Å². The minimum Gasteiger partial charge on any atom is -0.478 e. The molecule has 0 bridgehead atoms. The van der Waals surface area contributed by atoms with Crippen LogP contribution in [-0.2, 0) is 15.9 Å². The largest absolute Gasteiger partial charge is 0.478 e. The van der Waals surface area contributed by atoms with Gasteiger partial charge in [0.1, 0.15) is 0 Å². The highest BCUT2D eigenvalue weighted by atomic mass is 35.5. The quantitative estimate of drug-likeness (QED) is 0.211. The van der Waals surface area contributed by atoms with Gasteiger partial charge >= 0.3 is 5.97 Å². The lowest BCUT2D eigenvalue weighted by atomic mass is 9.98. The maximum atomic E-state index is 12.0. The molecule has 1 saturated heterocycles. The number of carboxylic acid groups (broad SMARTS) is 1. The number of aryl methyl sites for hydroxylation is 1. The van der Waals surface area contributed by atoms with Crippen molar-refractivity contribution >= 4 is 23.6 Å². The third-order valence-electron chi connectivity index (χ3n) is 6.66. The predicted molar refractivity (Wildman–Crippen MR) is 154 cm³/mol. The molecule has 6 heteroatoms. The second kappa shape index (κ2) is 13.0. The number of pyridine rings is 1. The number of rotatable bonds is 10. The molecule has 0 amide bonds. The van der Waals surface area contributed by atoms with Crippen LogP contribution >= 0.6 is 11.6 Å². The molecule has 38 heavy (non-hydrogen) atoms. The van der Waals surface area contributed by atoms with E-state index in [9.17, 15) is 9.90 Å². The minimum atomic E-state index is -1.08. The van der Waals surface area contributed by atoms with Crippen LogP contribution in [0.25, 0.3) is 28.5 Å². The Morgan fingerprint density at radius 1 is 1.13 bits per heavy atom. The van der Waals surface area contributed by atoms with Crippen LogP contribution in [0.1, 0.15) is 59.8 Å². The standard InChI is InChI=1S/C32H34ClNO4/c1-21(2)9-18-27-22(3)29(32(35)36)30(33)31(34-27)26-16-14-25(15-17-26)24-12-10-23(11-13-24)7-6-20-38-28-8-4-5-19-37-28/h9-18,28H,1,4-8,19-20H2,2-3H3,(H,35,36)/b18-9-. The van der Waals surface area contributed by atoms with E-state index in [1.807, 2.05) is 37.3 Å². The van der Waals surface area contributed by atoms with Crippen LogP contribution < -0.4 is 0 Å². The van der Waals surface area contributed by atoms with E-state index in [1.54, 1.807) is 13.0 Å². The first kappa shape index (κ1) is 27.8. The van der Waals surface area contributed by atoms with Gasteiger partial charge in [-0.05, 0) is 74.3 Å². The number of carboxylic acids is 1. The normalized spacial score (nSPS) is 15.6. The number of halogens is 1. The molecule has 5 nitrogen and oxygen atoms in total. The van der Waals surface area contributed by atoms with Crippen molar-refractivity contribution in [1.29, 1.82) is 0 Å². The second-order valence-corrected chi connectivity index (χ2v) is 10.1. The van der Waals surface area contributed by atoms with Gasteiger partial charge in [-0.25, -0.2) is 9.78 Å². The highest BCUT2D eigenvalue weighted by molar-refractivity contribution is 6.36. The molecule has 2 heterocycles. The van der Waals surface area contributed by atoms with Crippen LogP contribution in [0, 0.1) is 6.92 Å². The number of benzene rings is 2. The molecule has 1 N–H and O–H groups in total. The van der Waals surface area contributed by atoms with Crippen molar-refractivity contribution in [1.82, 2.24) is 4.98 Å². The first-order valence-electron chi connectivity index (χ1n) is 13.0. The van der Waals surface area contributed by atoms with E-state index in [4.69, 9.17) is 26.1 Å². The molecule has 1 aliphatic rings. The lowest BCUT2D eigenvalue weighted by Gasteiger charge is -2.22. The van der Waals surface area contributed by atoms with Gasteiger partial charge in [0.2, 0.25) is 0 Å². The Morgan fingerprint density at radius 3 is 2.39 bits per heavy atom. The molecule has 0 radical (unpaired) electrons. The molecule has 3 aromatic rings. The summed E-state index contributed by atoms with van der Waals surface area (Å²) >= 11 is 6.55. The molecule has 198 valence electrons. The summed E-state index contributed by atoms with van der Waals surface area (Å²) < 4.78 is 11.5. The van der Waals surface area contributed by atoms with Crippen molar-refractivity contribution in [3.63, 3.8) is 0 Å². The number of hydrogen-bond donors (Lipinski definition) is 1. The predicted octanol–water partition coefficient (Wildman–Crippen LogP) is 8.14. The number of aromatic nitrogens is 1. The summed E-state index contributed by atoms with van der Waals surface area (Å²) in [4.78, 5) is 16.7. The van der Waals surface area contributed by atoms with Crippen LogP contribution in [-0.4, -0.2) is 35.6 Å². The third kappa shape index (κ3) is 6.98. The first-order chi connectivity index (χ1) is 18.3. The molecular formula is C32H34ClNO4. The van der Waals surface area contributed by atoms with E-state index in [2.05, 4.69) is 30.8 Å². The fourth-order valence-corrected chi connectivity index (χ4v) is 4.89. The zero-order valence-corrected chi connectivity index (χ0v) is 22.8. The van der Waals surface area contributed by atoms with Gasteiger partial charge in [0.05, 0.1) is 28.6 Å². The molecule has 0 spiro atoms. The van der Waals surface area contributed by atoms with Crippen molar-refractivity contribution in [2.24, 2.45) is 0 Å². The SMILES string of the molecule is C=C(C)/C=C\c1nc(-c2ccc(-c3ccc(CCCOC4CCCCO4)cc3)cc2)c(Cl)c(C(=O)O)c1C. The van der Waals surface area contributed by atoms with Crippen molar-refractivity contribution < 1.29 is 19.4 Å². The van der Waals surface area contributed by atoms with E-state index in [0.717, 1.165) is 54.6 Å². The van der Waals surface area contributed by atoms with E-state index >= 15 is 0 Å². The Kier molecular flexibility index (Phi) is 9.51. The molecule has 1 aromatic heterocycles. The maximum absolute atomic E-state index is 12.0. The molecule has 4 rings (SSSR count). The Balaban J connectivity index is 1.46. The van der Waals surface area contributed by atoms with Gasteiger partial charge in [-0.3, -0.25) is 0 Å². The van der Waals surface area contributed by atoms with Gasteiger partial charge in [0.25, 0.3) is 0 Å². The number of ether oxygens (including phenoxy) is 2. The molecular weight excluding hydrogens is 498 g/mol. The van der Waals surface area contributed by atoms with Crippen LogP contribution in [0.2, 0.25) is 5.02 Å². The maximum Gasteiger partial charge on any atom is 0.337 e. The molecule has 1 unspecified atom stereocenters. The zero-order chi connectivity index (χ0) is 27.1. The molecule has 1 fully saturated rings. The Morgan fingerprint density at radius 2 is 1.79 bits per heavy atom. The van der Waals surface area contributed by atoms with Gasteiger partial charge in [0, 0.05) is 12.2 Å². The Labute approximate surface area is 229 Å². The molecule has 2 aromatic carbocycles. The number of hydrogen-bond acceptors (Lipinski definition) is 4. The lowest BCUT2D eigenvalue weighted by molar-refractivity contribution is -0.162. The monoisotopic (exact) mass is 531 g/mol. The summed E-state index contributed by atoms with van der Waals surface area (Å²) in [5.41, 5.74) is 6.62. The van der Waals surface area contributed by atoms with Gasteiger partial charge < -0.3 is 14.6 Å². The summed E-state index contributed by atoms with van der Waals surface area (Å²) in [6.45, 7) is 8.97. The second-order valence-electron chi connectivity index (χ2n) is 9.69.